The minimum Gasteiger partial charge on any atom is -0.462 e. The second-order valence-corrected chi connectivity index (χ2v) is 11.1. The Kier molecular flexibility index (Phi) is 9.58. The van der Waals surface area contributed by atoms with Crippen LogP contribution < -0.4 is 0 Å². The minimum atomic E-state index is -0.168. The van der Waals surface area contributed by atoms with Crippen LogP contribution in [0.15, 0.2) is 0 Å². The van der Waals surface area contributed by atoms with E-state index < -0.39 is 0 Å². The van der Waals surface area contributed by atoms with E-state index in [0.717, 1.165) is 31.6 Å². The summed E-state index contributed by atoms with van der Waals surface area (Å²) in [5.41, 5.74) is 0.0644. The quantitative estimate of drug-likeness (QED) is 0.262. The van der Waals surface area contributed by atoms with Gasteiger partial charge in [-0.05, 0) is 69.1 Å². The Morgan fingerprint density at radius 2 is 1.37 bits per heavy atom. The molecule has 3 aliphatic rings. The Morgan fingerprint density at radius 3 is 1.97 bits per heavy atom. The molecule has 0 aliphatic heterocycles. The summed E-state index contributed by atoms with van der Waals surface area (Å²) >= 11 is 0. The Morgan fingerprint density at radius 1 is 0.767 bits per heavy atom. The molecule has 0 spiro atoms. The van der Waals surface area contributed by atoms with Gasteiger partial charge in [-0.3, -0.25) is 4.79 Å². The standard InChI is InChI=1S/C28H50O2/c1-3-5-9-14-24-15-17-25(18-16-24)30-26(29)28(22-12-8-13-23-28)27(19-6-4-2)20-10-7-11-21-27/h24-25H,3-23H2,1-2H3/t24-,25-. The van der Waals surface area contributed by atoms with Crippen molar-refractivity contribution in [1.29, 1.82) is 0 Å². The van der Waals surface area contributed by atoms with Gasteiger partial charge in [0, 0.05) is 0 Å². The van der Waals surface area contributed by atoms with Crippen LogP contribution in [0.4, 0.5) is 0 Å². The maximum Gasteiger partial charge on any atom is 0.312 e. The number of hydrogen-bond acceptors (Lipinski definition) is 2. The molecule has 0 aromatic heterocycles. The van der Waals surface area contributed by atoms with Gasteiger partial charge in [-0.25, -0.2) is 0 Å². The maximum absolute atomic E-state index is 13.9. The maximum atomic E-state index is 13.9. The summed E-state index contributed by atoms with van der Waals surface area (Å²) in [5.74, 6) is 1.11. The third kappa shape index (κ3) is 5.63. The van der Waals surface area contributed by atoms with Gasteiger partial charge in [0.1, 0.15) is 6.10 Å². The lowest BCUT2D eigenvalue weighted by Gasteiger charge is -2.53. The molecule has 0 atom stereocenters. The highest BCUT2D eigenvalue weighted by molar-refractivity contribution is 5.78. The highest BCUT2D eigenvalue weighted by Crippen LogP contribution is 2.60. The van der Waals surface area contributed by atoms with Crippen LogP contribution in [-0.4, -0.2) is 12.1 Å². The van der Waals surface area contributed by atoms with Gasteiger partial charge >= 0.3 is 5.97 Å². The van der Waals surface area contributed by atoms with Crippen LogP contribution >= 0.6 is 0 Å². The smallest absolute Gasteiger partial charge is 0.312 e. The molecule has 0 aromatic carbocycles. The van der Waals surface area contributed by atoms with Crippen molar-refractivity contribution in [2.75, 3.05) is 0 Å². The van der Waals surface area contributed by atoms with Crippen molar-refractivity contribution in [3.63, 3.8) is 0 Å². The van der Waals surface area contributed by atoms with E-state index in [4.69, 9.17) is 4.74 Å². The number of carbonyl (C=O) groups is 1. The molecular weight excluding hydrogens is 368 g/mol. The SMILES string of the molecule is CCCCC[C@H]1CC[C@H](OC(=O)C2(C3(CCCC)CCCCC3)CCCCC2)CC1. The van der Waals surface area contributed by atoms with E-state index in [1.54, 1.807) is 0 Å². The van der Waals surface area contributed by atoms with Crippen LogP contribution in [0.3, 0.4) is 0 Å². The van der Waals surface area contributed by atoms with Crippen molar-refractivity contribution in [2.24, 2.45) is 16.7 Å². The van der Waals surface area contributed by atoms with Gasteiger partial charge in [0.15, 0.2) is 0 Å². The molecule has 0 N–H and O–H groups in total. The molecule has 2 nitrogen and oxygen atoms in total. The van der Waals surface area contributed by atoms with Gasteiger partial charge in [-0.2, -0.15) is 0 Å². The van der Waals surface area contributed by atoms with Crippen LogP contribution in [0, 0.1) is 16.7 Å². The molecule has 0 saturated heterocycles. The fourth-order valence-corrected chi connectivity index (χ4v) is 7.30. The van der Waals surface area contributed by atoms with E-state index >= 15 is 0 Å². The molecule has 30 heavy (non-hydrogen) atoms. The summed E-state index contributed by atoms with van der Waals surface area (Å²) in [6.45, 7) is 4.60. The summed E-state index contributed by atoms with van der Waals surface area (Å²) in [7, 11) is 0. The first kappa shape index (κ1) is 24.1. The molecule has 0 radical (unpaired) electrons. The van der Waals surface area contributed by atoms with Gasteiger partial charge in [-0.1, -0.05) is 90.9 Å². The number of rotatable bonds is 10. The van der Waals surface area contributed by atoms with Gasteiger partial charge in [-0.15, -0.1) is 0 Å². The Hall–Kier alpha value is -0.530. The van der Waals surface area contributed by atoms with Crippen molar-refractivity contribution in [1.82, 2.24) is 0 Å². The topological polar surface area (TPSA) is 26.3 Å². The Bertz CT molecular complexity index is 491. The first-order valence-electron chi connectivity index (χ1n) is 13.9. The monoisotopic (exact) mass is 418 g/mol. The summed E-state index contributed by atoms with van der Waals surface area (Å²) in [4.78, 5) is 13.9. The molecule has 0 unspecified atom stereocenters. The van der Waals surface area contributed by atoms with Crippen molar-refractivity contribution in [3.05, 3.63) is 0 Å². The van der Waals surface area contributed by atoms with Crippen LogP contribution in [0.5, 0.6) is 0 Å². The van der Waals surface area contributed by atoms with Crippen LogP contribution in [-0.2, 0) is 9.53 Å². The van der Waals surface area contributed by atoms with E-state index in [2.05, 4.69) is 13.8 Å². The van der Waals surface area contributed by atoms with Crippen molar-refractivity contribution >= 4 is 5.97 Å². The summed E-state index contributed by atoms with van der Waals surface area (Å²) in [6.07, 6.45) is 26.7. The van der Waals surface area contributed by atoms with Gasteiger partial charge in [0.25, 0.3) is 0 Å². The first-order valence-corrected chi connectivity index (χ1v) is 13.9. The molecule has 2 heteroatoms. The van der Waals surface area contributed by atoms with E-state index in [9.17, 15) is 4.79 Å². The number of esters is 1. The molecule has 3 rings (SSSR count). The fourth-order valence-electron chi connectivity index (χ4n) is 7.30. The number of ether oxygens (including phenoxy) is 1. The third-order valence-corrected chi connectivity index (χ3v) is 9.22. The molecule has 3 fully saturated rings. The lowest BCUT2D eigenvalue weighted by molar-refractivity contribution is -0.181. The lowest BCUT2D eigenvalue weighted by Crippen LogP contribution is -2.52. The van der Waals surface area contributed by atoms with E-state index in [1.807, 2.05) is 0 Å². The van der Waals surface area contributed by atoms with Crippen LogP contribution in [0.1, 0.15) is 149 Å². The highest BCUT2D eigenvalue weighted by atomic mass is 16.5. The molecule has 174 valence electrons. The average Bonchev–Trinajstić information content (AvgIpc) is 2.80. The second-order valence-electron chi connectivity index (χ2n) is 11.1. The Balaban J connectivity index is 1.65. The van der Waals surface area contributed by atoms with Crippen LogP contribution in [0.2, 0.25) is 0 Å². The molecule has 3 saturated carbocycles. The molecule has 0 bridgehead atoms. The summed E-state index contributed by atoms with van der Waals surface area (Å²) < 4.78 is 6.43. The first-order chi connectivity index (χ1) is 14.7. The zero-order valence-electron chi connectivity index (χ0n) is 20.3. The molecule has 0 heterocycles. The molecule has 0 aromatic rings. The van der Waals surface area contributed by atoms with Crippen molar-refractivity contribution < 1.29 is 9.53 Å². The normalized spacial score (nSPS) is 28.7. The number of carbonyl (C=O) groups excluding carboxylic acids is 1. The molecule has 3 aliphatic carbocycles. The fraction of sp³-hybridized carbons (Fsp3) is 0.964. The second kappa shape index (κ2) is 11.9. The average molecular weight is 419 g/mol. The van der Waals surface area contributed by atoms with E-state index in [1.165, 1.54) is 109 Å². The number of unbranched alkanes of at least 4 members (excludes halogenated alkanes) is 3. The number of hydrogen-bond donors (Lipinski definition) is 0. The molecular formula is C28H50O2. The predicted octanol–water partition coefficient (Wildman–Crippen LogP) is 8.76. The predicted molar refractivity (Wildman–Crippen MR) is 127 cm³/mol. The zero-order chi connectivity index (χ0) is 21.3. The van der Waals surface area contributed by atoms with Gasteiger partial charge < -0.3 is 4.74 Å². The third-order valence-electron chi connectivity index (χ3n) is 9.22. The van der Waals surface area contributed by atoms with Crippen LogP contribution in [0.25, 0.3) is 0 Å². The summed E-state index contributed by atoms with van der Waals surface area (Å²) in [5, 5.41) is 0. The van der Waals surface area contributed by atoms with Crippen molar-refractivity contribution in [3.8, 4) is 0 Å². The minimum absolute atomic E-state index is 0.168. The lowest BCUT2D eigenvalue weighted by atomic mass is 9.50. The van der Waals surface area contributed by atoms with Gasteiger partial charge in [0.05, 0.1) is 5.41 Å². The summed E-state index contributed by atoms with van der Waals surface area (Å²) in [6, 6.07) is 0. The van der Waals surface area contributed by atoms with Crippen molar-refractivity contribution in [2.45, 2.75) is 155 Å². The van der Waals surface area contributed by atoms with E-state index in [0.29, 0.717) is 0 Å². The zero-order valence-corrected chi connectivity index (χ0v) is 20.3. The highest BCUT2D eigenvalue weighted by Gasteiger charge is 2.56. The van der Waals surface area contributed by atoms with Gasteiger partial charge in [0.2, 0.25) is 0 Å². The Labute approximate surface area is 187 Å². The largest absolute Gasteiger partial charge is 0.462 e. The van der Waals surface area contributed by atoms with E-state index in [-0.39, 0.29) is 22.9 Å². The molecule has 0 amide bonds.